The van der Waals surface area contributed by atoms with E-state index in [-0.39, 0.29) is 5.75 Å². The summed E-state index contributed by atoms with van der Waals surface area (Å²) < 4.78 is 6.62. The first-order valence-corrected chi connectivity index (χ1v) is 11.5. The van der Waals surface area contributed by atoms with E-state index in [1.807, 2.05) is 0 Å². The molecule has 0 amide bonds. The second-order valence-corrected chi connectivity index (χ2v) is 8.82. The van der Waals surface area contributed by atoms with Crippen molar-refractivity contribution in [2.24, 2.45) is 5.10 Å². The predicted molar refractivity (Wildman–Crippen MR) is 124 cm³/mol. The number of aromatic nitrogens is 3. The standard InChI is InChI=1S/C19H23Br2N7O2/c20-14-10-13(11-15(21)16(14)29)12-22-26-17-23-18(27-4-2-1-3-5-27)25-19(24-17)28-6-8-30-9-7-28/h10-12,29H,1-9H2,(H,23,24,25,26). The first-order valence-electron chi connectivity index (χ1n) is 9.91. The fraction of sp³-hybridized carbons (Fsp3) is 0.474. The van der Waals surface area contributed by atoms with Crippen molar-refractivity contribution in [3.63, 3.8) is 0 Å². The summed E-state index contributed by atoms with van der Waals surface area (Å²) in [6.45, 7) is 4.73. The minimum atomic E-state index is 0.152. The number of piperidine rings is 1. The number of hydrazone groups is 1. The zero-order valence-electron chi connectivity index (χ0n) is 16.4. The lowest BCUT2D eigenvalue weighted by molar-refractivity contribution is 0.122. The van der Waals surface area contributed by atoms with Gasteiger partial charge in [0.2, 0.25) is 17.8 Å². The number of morpholine rings is 1. The number of halogens is 2. The molecule has 2 aromatic rings. The number of phenols is 1. The number of benzene rings is 1. The van der Waals surface area contributed by atoms with Gasteiger partial charge in [0.15, 0.2) is 0 Å². The summed E-state index contributed by atoms with van der Waals surface area (Å²) in [6.07, 6.45) is 5.17. The third-order valence-electron chi connectivity index (χ3n) is 4.96. The van der Waals surface area contributed by atoms with Crippen LogP contribution < -0.4 is 15.2 Å². The molecule has 0 radical (unpaired) electrons. The molecular weight excluding hydrogens is 518 g/mol. The van der Waals surface area contributed by atoms with Crippen molar-refractivity contribution in [3.8, 4) is 5.75 Å². The fourth-order valence-electron chi connectivity index (χ4n) is 3.37. The molecule has 3 heterocycles. The number of hydrogen-bond acceptors (Lipinski definition) is 9. The maximum absolute atomic E-state index is 9.84. The van der Waals surface area contributed by atoms with Crippen LogP contribution in [0.25, 0.3) is 0 Å². The van der Waals surface area contributed by atoms with Gasteiger partial charge in [-0.2, -0.15) is 20.1 Å². The van der Waals surface area contributed by atoms with Gasteiger partial charge in [0, 0.05) is 26.2 Å². The van der Waals surface area contributed by atoms with Gasteiger partial charge in [-0.05, 0) is 68.8 Å². The van der Waals surface area contributed by atoms with E-state index in [9.17, 15) is 5.11 Å². The van der Waals surface area contributed by atoms with Crippen LogP contribution in [-0.4, -0.2) is 65.7 Å². The normalized spacial score (nSPS) is 17.5. The summed E-state index contributed by atoms with van der Waals surface area (Å²) in [5, 5.41) is 14.1. The molecule has 2 aliphatic heterocycles. The SMILES string of the molecule is Oc1c(Br)cc(C=NNc2nc(N3CCCCC3)nc(N3CCOCC3)n2)cc1Br. The lowest BCUT2D eigenvalue weighted by atomic mass is 10.1. The minimum absolute atomic E-state index is 0.152. The average molecular weight is 541 g/mol. The first kappa shape index (κ1) is 21.3. The van der Waals surface area contributed by atoms with Crippen LogP contribution in [0, 0.1) is 0 Å². The van der Waals surface area contributed by atoms with E-state index in [0.29, 0.717) is 40.0 Å². The number of nitrogens with zero attached hydrogens (tertiary/aromatic N) is 6. The van der Waals surface area contributed by atoms with Crippen molar-refractivity contribution in [3.05, 3.63) is 26.6 Å². The van der Waals surface area contributed by atoms with Gasteiger partial charge in [-0.25, -0.2) is 5.43 Å². The highest BCUT2D eigenvalue weighted by Crippen LogP contribution is 2.32. The predicted octanol–water partition coefficient (Wildman–Crippen LogP) is 3.38. The van der Waals surface area contributed by atoms with E-state index in [4.69, 9.17) is 9.72 Å². The quantitative estimate of drug-likeness (QED) is 0.440. The lowest BCUT2D eigenvalue weighted by Gasteiger charge is -2.30. The summed E-state index contributed by atoms with van der Waals surface area (Å²) in [7, 11) is 0. The van der Waals surface area contributed by atoms with E-state index in [1.54, 1.807) is 18.3 Å². The Kier molecular flexibility index (Phi) is 7.00. The monoisotopic (exact) mass is 539 g/mol. The molecular formula is C19H23Br2N7O2. The van der Waals surface area contributed by atoms with Crippen molar-refractivity contribution in [1.29, 1.82) is 0 Å². The molecule has 2 saturated heterocycles. The molecule has 11 heteroatoms. The van der Waals surface area contributed by atoms with E-state index in [0.717, 1.165) is 44.6 Å². The number of hydrogen-bond donors (Lipinski definition) is 2. The smallest absolute Gasteiger partial charge is 0.250 e. The fourth-order valence-corrected chi connectivity index (χ4v) is 4.59. The summed E-state index contributed by atoms with van der Waals surface area (Å²) in [6, 6.07) is 3.55. The summed E-state index contributed by atoms with van der Waals surface area (Å²) in [5.74, 6) is 1.87. The molecule has 9 nitrogen and oxygen atoms in total. The Bertz CT molecular complexity index is 856. The highest BCUT2D eigenvalue weighted by molar-refractivity contribution is 9.11. The van der Waals surface area contributed by atoms with Crippen LogP contribution in [-0.2, 0) is 4.74 Å². The van der Waals surface area contributed by atoms with Crippen molar-refractivity contribution in [2.45, 2.75) is 19.3 Å². The largest absolute Gasteiger partial charge is 0.506 e. The molecule has 0 saturated carbocycles. The van der Waals surface area contributed by atoms with Crippen molar-refractivity contribution in [1.82, 2.24) is 15.0 Å². The molecule has 2 aliphatic rings. The summed E-state index contributed by atoms with van der Waals surface area (Å²) in [5.41, 5.74) is 3.74. The Hall–Kier alpha value is -1.98. The zero-order chi connectivity index (χ0) is 20.9. The molecule has 1 aromatic heterocycles. The Labute approximate surface area is 191 Å². The van der Waals surface area contributed by atoms with Gasteiger partial charge in [-0.1, -0.05) is 0 Å². The van der Waals surface area contributed by atoms with Crippen LogP contribution >= 0.6 is 31.9 Å². The molecule has 4 rings (SSSR count). The molecule has 2 fully saturated rings. The highest BCUT2D eigenvalue weighted by Gasteiger charge is 2.20. The first-order chi connectivity index (χ1) is 14.6. The molecule has 2 N–H and O–H groups in total. The Morgan fingerprint density at radius 3 is 2.17 bits per heavy atom. The van der Waals surface area contributed by atoms with E-state index in [1.165, 1.54) is 6.42 Å². The van der Waals surface area contributed by atoms with Gasteiger partial charge < -0.3 is 19.6 Å². The van der Waals surface area contributed by atoms with E-state index >= 15 is 0 Å². The van der Waals surface area contributed by atoms with Gasteiger partial charge in [-0.15, -0.1) is 0 Å². The third-order valence-corrected chi connectivity index (χ3v) is 6.17. The molecule has 0 atom stereocenters. The van der Waals surface area contributed by atoms with Gasteiger partial charge in [0.05, 0.1) is 28.4 Å². The minimum Gasteiger partial charge on any atom is -0.506 e. The van der Waals surface area contributed by atoms with Crippen LogP contribution in [0.2, 0.25) is 0 Å². The number of phenolic OH excluding ortho intramolecular Hbond substituents is 1. The Morgan fingerprint density at radius 1 is 0.933 bits per heavy atom. The maximum Gasteiger partial charge on any atom is 0.250 e. The Morgan fingerprint density at radius 2 is 1.53 bits per heavy atom. The van der Waals surface area contributed by atoms with Crippen molar-refractivity contribution < 1.29 is 9.84 Å². The van der Waals surface area contributed by atoms with Gasteiger partial charge in [0.25, 0.3) is 0 Å². The van der Waals surface area contributed by atoms with Crippen molar-refractivity contribution >= 4 is 55.9 Å². The zero-order valence-corrected chi connectivity index (χ0v) is 19.6. The molecule has 30 heavy (non-hydrogen) atoms. The van der Waals surface area contributed by atoms with Crippen LogP contribution in [0.1, 0.15) is 24.8 Å². The molecule has 1 aromatic carbocycles. The van der Waals surface area contributed by atoms with E-state index < -0.39 is 0 Å². The summed E-state index contributed by atoms with van der Waals surface area (Å²) >= 11 is 6.65. The molecule has 0 spiro atoms. The van der Waals surface area contributed by atoms with Crippen LogP contribution in [0.5, 0.6) is 5.75 Å². The molecule has 0 bridgehead atoms. The number of aromatic hydroxyl groups is 1. The second-order valence-electron chi connectivity index (χ2n) is 7.11. The topological polar surface area (TPSA) is 99.0 Å². The molecule has 160 valence electrons. The number of rotatable bonds is 5. The third kappa shape index (κ3) is 5.19. The van der Waals surface area contributed by atoms with Crippen LogP contribution in [0.4, 0.5) is 17.8 Å². The lowest BCUT2D eigenvalue weighted by Crippen LogP contribution is -2.38. The summed E-state index contributed by atoms with van der Waals surface area (Å²) in [4.78, 5) is 18.2. The van der Waals surface area contributed by atoms with Gasteiger partial charge >= 0.3 is 0 Å². The maximum atomic E-state index is 9.84. The average Bonchev–Trinajstić information content (AvgIpc) is 2.78. The second kappa shape index (κ2) is 9.88. The number of ether oxygens (including phenoxy) is 1. The van der Waals surface area contributed by atoms with Crippen LogP contribution in [0.15, 0.2) is 26.2 Å². The van der Waals surface area contributed by atoms with Crippen molar-refractivity contribution in [2.75, 3.05) is 54.6 Å². The molecule has 0 aliphatic carbocycles. The van der Waals surface area contributed by atoms with Crippen LogP contribution in [0.3, 0.4) is 0 Å². The van der Waals surface area contributed by atoms with Gasteiger partial charge in [0.1, 0.15) is 5.75 Å². The Balaban J connectivity index is 1.56. The number of anilines is 3. The highest BCUT2D eigenvalue weighted by atomic mass is 79.9. The van der Waals surface area contributed by atoms with Gasteiger partial charge in [-0.3, -0.25) is 0 Å². The molecule has 0 unspecified atom stereocenters. The van der Waals surface area contributed by atoms with E-state index in [2.05, 4.69) is 62.2 Å². The number of nitrogens with one attached hydrogen (secondary N) is 1.